The molecular formula is C9H8ClF3N2O. The second-order valence-electron chi connectivity index (χ2n) is 3.12. The van der Waals surface area contributed by atoms with Crippen molar-refractivity contribution in [3.8, 4) is 0 Å². The maximum absolute atomic E-state index is 12.6. The zero-order valence-electron chi connectivity index (χ0n) is 8.15. The lowest BCUT2D eigenvalue weighted by Crippen LogP contribution is -2.32. The fourth-order valence-electron chi connectivity index (χ4n) is 1.18. The third-order valence-electron chi connectivity index (χ3n) is 1.98. The standard InChI is InChI=1S/C9H8ClF3N2O/c1-4-2-6(9(11,12)13)5(3-7(4)10)8(16)15-14/h2-3H,14H2,1H3,(H,15,16). The number of amides is 1. The molecule has 0 aliphatic rings. The van der Waals surface area contributed by atoms with Crippen molar-refractivity contribution in [2.24, 2.45) is 5.84 Å². The number of carbonyl (C=O) groups is 1. The van der Waals surface area contributed by atoms with Gasteiger partial charge in [0.05, 0.1) is 11.1 Å². The molecule has 1 aromatic carbocycles. The van der Waals surface area contributed by atoms with Gasteiger partial charge in [0.15, 0.2) is 0 Å². The van der Waals surface area contributed by atoms with Gasteiger partial charge in [0.1, 0.15) is 0 Å². The lowest BCUT2D eigenvalue weighted by Gasteiger charge is -2.13. The molecule has 88 valence electrons. The second-order valence-corrected chi connectivity index (χ2v) is 3.53. The Hall–Kier alpha value is -1.27. The molecule has 0 heterocycles. The molecule has 0 atom stereocenters. The Kier molecular flexibility index (Phi) is 3.44. The monoisotopic (exact) mass is 252 g/mol. The summed E-state index contributed by atoms with van der Waals surface area (Å²) in [6.45, 7) is 1.42. The maximum atomic E-state index is 12.6. The van der Waals surface area contributed by atoms with Crippen molar-refractivity contribution in [3.63, 3.8) is 0 Å². The van der Waals surface area contributed by atoms with Gasteiger partial charge in [0.2, 0.25) is 0 Å². The number of nitrogen functional groups attached to an aromatic ring is 1. The molecule has 0 unspecified atom stereocenters. The molecule has 3 N–H and O–H groups in total. The van der Waals surface area contributed by atoms with Gasteiger partial charge < -0.3 is 0 Å². The highest BCUT2D eigenvalue weighted by molar-refractivity contribution is 6.31. The fourth-order valence-corrected chi connectivity index (χ4v) is 1.35. The van der Waals surface area contributed by atoms with Crippen LogP contribution >= 0.6 is 11.6 Å². The Bertz CT molecular complexity index is 431. The van der Waals surface area contributed by atoms with Crippen molar-refractivity contribution in [3.05, 3.63) is 33.8 Å². The lowest BCUT2D eigenvalue weighted by atomic mass is 10.0. The third-order valence-corrected chi connectivity index (χ3v) is 2.39. The quantitative estimate of drug-likeness (QED) is 0.458. The van der Waals surface area contributed by atoms with Crippen LogP contribution in [0.4, 0.5) is 13.2 Å². The van der Waals surface area contributed by atoms with E-state index in [4.69, 9.17) is 17.4 Å². The topological polar surface area (TPSA) is 55.1 Å². The molecule has 1 aromatic rings. The normalized spacial score (nSPS) is 11.4. The van der Waals surface area contributed by atoms with Crippen molar-refractivity contribution < 1.29 is 18.0 Å². The van der Waals surface area contributed by atoms with Crippen molar-refractivity contribution in [1.82, 2.24) is 5.43 Å². The van der Waals surface area contributed by atoms with Crippen LogP contribution in [0.5, 0.6) is 0 Å². The molecular weight excluding hydrogens is 245 g/mol. The summed E-state index contributed by atoms with van der Waals surface area (Å²) in [5, 5.41) is 0.0756. The molecule has 0 aliphatic heterocycles. The molecule has 0 saturated carbocycles. The predicted molar refractivity (Wildman–Crippen MR) is 52.8 cm³/mol. The van der Waals surface area contributed by atoms with E-state index >= 15 is 0 Å². The molecule has 7 heteroatoms. The van der Waals surface area contributed by atoms with Gasteiger partial charge >= 0.3 is 6.18 Å². The summed E-state index contributed by atoms with van der Waals surface area (Å²) < 4.78 is 37.8. The highest BCUT2D eigenvalue weighted by Crippen LogP contribution is 2.34. The van der Waals surface area contributed by atoms with E-state index in [1.165, 1.54) is 6.92 Å². The Labute approximate surface area is 94.3 Å². The second kappa shape index (κ2) is 4.31. The number of aryl methyl sites for hydroxylation is 1. The predicted octanol–water partition coefficient (Wildman–Crippen LogP) is 2.27. The van der Waals surface area contributed by atoms with Crippen LogP contribution in [0.3, 0.4) is 0 Å². The summed E-state index contributed by atoms with van der Waals surface area (Å²) in [6, 6.07) is 1.76. The highest BCUT2D eigenvalue weighted by atomic mass is 35.5. The number of alkyl halides is 3. The molecule has 16 heavy (non-hydrogen) atoms. The van der Waals surface area contributed by atoms with Crippen LogP contribution in [-0.2, 0) is 6.18 Å². The first kappa shape index (κ1) is 12.8. The van der Waals surface area contributed by atoms with Crippen molar-refractivity contribution in [2.75, 3.05) is 0 Å². The lowest BCUT2D eigenvalue weighted by molar-refractivity contribution is -0.138. The van der Waals surface area contributed by atoms with Gasteiger partial charge in [-0.1, -0.05) is 11.6 Å². The molecule has 1 rings (SSSR count). The summed E-state index contributed by atoms with van der Waals surface area (Å²) in [4.78, 5) is 11.1. The average Bonchev–Trinajstić information content (AvgIpc) is 2.18. The van der Waals surface area contributed by atoms with Gasteiger partial charge in [0.25, 0.3) is 5.91 Å². The van der Waals surface area contributed by atoms with Gasteiger partial charge in [-0.15, -0.1) is 0 Å². The first-order valence-electron chi connectivity index (χ1n) is 4.15. The summed E-state index contributed by atoms with van der Waals surface area (Å²) >= 11 is 5.65. The van der Waals surface area contributed by atoms with Crippen molar-refractivity contribution in [2.45, 2.75) is 13.1 Å². The third kappa shape index (κ3) is 2.45. The van der Waals surface area contributed by atoms with Crippen LogP contribution in [-0.4, -0.2) is 5.91 Å². The van der Waals surface area contributed by atoms with E-state index in [1.54, 1.807) is 5.43 Å². The van der Waals surface area contributed by atoms with Crippen LogP contribution in [0.25, 0.3) is 0 Å². The van der Waals surface area contributed by atoms with E-state index in [-0.39, 0.29) is 10.6 Å². The Balaban J connectivity index is 3.45. The summed E-state index contributed by atoms with van der Waals surface area (Å²) in [7, 11) is 0. The van der Waals surface area contributed by atoms with Crippen molar-refractivity contribution >= 4 is 17.5 Å². The zero-order valence-corrected chi connectivity index (χ0v) is 8.91. The van der Waals surface area contributed by atoms with Crippen LogP contribution in [0, 0.1) is 6.92 Å². The summed E-state index contributed by atoms with van der Waals surface area (Å²) in [5.74, 6) is 3.76. The van der Waals surface area contributed by atoms with Crippen LogP contribution in [0.15, 0.2) is 12.1 Å². The van der Waals surface area contributed by atoms with E-state index in [1.807, 2.05) is 0 Å². The van der Waals surface area contributed by atoms with Crippen molar-refractivity contribution in [1.29, 1.82) is 0 Å². The van der Waals surface area contributed by atoms with Gasteiger partial charge in [-0.05, 0) is 24.6 Å². The minimum Gasteiger partial charge on any atom is -0.290 e. The number of nitrogens with two attached hydrogens (primary N) is 1. The maximum Gasteiger partial charge on any atom is 0.417 e. The number of carbonyl (C=O) groups excluding carboxylic acids is 1. The van der Waals surface area contributed by atoms with Crippen LogP contribution < -0.4 is 11.3 Å². The Morgan fingerprint density at radius 3 is 2.44 bits per heavy atom. The molecule has 0 radical (unpaired) electrons. The van der Waals surface area contributed by atoms with Crippen LogP contribution in [0.1, 0.15) is 21.5 Å². The van der Waals surface area contributed by atoms with E-state index in [2.05, 4.69) is 0 Å². The number of hydrogen-bond acceptors (Lipinski definition) is 2. The minimum absolute atomic E-state index is 0.0756. The molecule has 0 aromatic heterocycles. The van der Waals surface area contributed by atoms with Gasteiger partial charge in [-0.3, -0.25) is 10.2 Å². The van der Waals surface area contributed by atoms with E-state index in [0.717, 1.165) is 12.1 Å². The molecule has 3 nitrogen and oxygen atoms in total. The highest BCUT2D eigenvalue weighted by Gasteiger charge is 2.35. The molecule has 0 spiro atoms. The van der Waals surface area contributed by atoms with Gasteiger partial charge in [-0.25, -0.2) is 5.84 Å². The first-order chi connectivity index (χ1) is 7.27. The fraction of sp³-hybridized carbons (Fsp3) is 0.222. The Morgan fingerprint density at radius 1 is 1.44 bits per heavy atom. The molecule has 0 saturated heterocycles. The number of hydrazine groups is 1. The number of halogens is 4. The smallest absolute Gasteiger partial charge is 0.290 e. The summed E-state index contributed by atoms with van der Waals surface area (Å²) in [6.07, 6.45) is -4.63. The van der Waals surface area contributed by atoms with Crippen LogP contribution in [0.2, 0.25) is 5.02 Å². The largest absolute Gasteiger partial charge is 0.417 e. The average molecular weight is 253 g/mol. The number of nitrogens with one attached hydrogen (secondary N) is 1. The number of rotatable bonds is 1. The van der Waals surface area contributed by atoms with Gasteiger partial charge in [-0.2, -0.15) is 13.2 Å². The summed E-state index contributed by atoms with van der Waals surface area (Å²) in [5.41, 5.74) is 0.231. The number of hydrogen-bond donors (Lipinski definition) is 2. The molecule has 0 aliphatic carbocycles. The van der Waals surface area contributed by atoms with E-state index in [9.17, 15) is 18.0 Å². The molecule has 1 amide bonds. The molecule has 0 bridgehead atoms. The first-order valence-corrected chi connectivity index (χ1v) is 4.53. The Morgan fingerprint density at radius 2 is 2.00 bits per heavy atom. The molecule has 0 fully saturated rings. The van der Waals surface area contributed by atoms with Gasteiger partial charge in [0, 0.05) is 5.02 Å². The minimum atomic E-state index is -4.63. The SMILES string of the molecule is Cc1cc(C(F)(F)F)c(C(=O)NN)cc1Cl. The van der Waals surface area contributed by atoms with E-state index in [0.29, 0.717) is 0 Å². The van der Waals surface area contributed by atoms with E-state index < -0.39 is 23.2 Å². The zero-order chi connectivity index (χ0) is 12.5. The number of benzene rings is 1.